The van der Waals surface area contributed by atoms with Crippen molar-refractivity contribution >= 4 is 35.0 Å². The van der Waals surface area contributed by atoms with Crippen molar-refractivity contribution in [3.05, 3.63) is 58.1 Å². The van der Waals surface area contributed by atoms with Crippen molar-refractivity contribution in [2.75, 3.05) is 5.32 Å². The Hall–Kier alpha value is -1.45. The van der Waals surface area contributed by atoms with Gasteiger partial charge in [-0.05, 0) is 51.0 Å². The minimum atomic E-state index is -0.222. The van der Waals surface area contributed by atoms with Crippen LogP contribution >= 0.6 is 23.4 Å². The van der Waals surface area contributed by atoms with Gasteiger partial charge in [-0.3, -0.25) is 4.79 Å². The summed E-state index contributed by atoms with van der Waals surface area (Å²) in [5, 5.41) is 3.50. The zero-order valence-electron chi connectivity index (χ0n) is 13.2. The Labute approximate surface area is 141 Å². The molecule has 0 radical (unpaired) electrons. The van der Waals surface area contributed by atoms with E-state index in [4.69, 9.17) is 11.6 Å². The van der Waals surface area contributed by atoms with E-state index in [0.29, 0.717) is 5.02 Å². The molecule has 2 nitrogen and oxygen atoms in total. The molecule has 1 amide bonds. The van der Waals surface area contributed by atoms with E-state index in [0.717, 1.165) is 21.7 Å². The Morgan fingerprint density at radius 2 is 1.73 bits per heavy atom. The van der Waals surface area contributed by atoms with Crippen molar-refractivity contribution in [3.63, 3.8) is 0 Å². The fourth-order valence-electron chi connectivity index (χ4n) is 2.39. The van der Waals surface area contributed by atoms with Crippen LogP contribution in [0.2, 0.25) is 5.02 Å². The van der Waals surface area contributed by atoms with Crippen LogP contribution in [-0.4, -0.2) is 11.2 Å². The molecule has 0 saturated carbocycles. The second kappa shape index (κ2) is 7.21. The molecule has 2 rings (SSSR count). The molecule has 4 heteroatoms. The van der Waals surface area contributed by atoms with Gasteiger partial charge in [-0.15, -0.1) is 11.8 Å². The molecule has 0 spiro atoms. The van der Waals surface area contributed by atoms with E-state index in [9.17, 15) is 4.79 Å². The van der Waals surface area contributed by atoms with E-state index in [1.807, 2.05) is 45.0 Å². The fourth-order valence-corrected chi connectivity index (χ4v) is 3.54. The quantitative estimate of drug-likeness (QED) is 0.760. The predicted molar refractivity (Wildman–Crippen MR) is 96.1 cm³/mol. The van der Waals surface area contributed by atoms with Crippen molar-refractivity contribution in [3.8, 4) is 0 Å². The number of halogens is 1. The molecule has 1 unspecified atom stereocenters. The van der Waals surface area contributed by atoms with Crippen LogP contribution in [0.5, 0.6) is 0 Å². The minimum absolute atomic E-state index is 0.0139. The van der Waals surface area contributed by atoms with E-state index < -0.39 is 0 Å². The third-order valence-corrected chi connectivity index (χ3v) is 5.05. The number of amides is 1. The number of nitrogens with one attached hydrogen (secondary N) is 1. The van der Waals surface area contributed by atoms with Crippen LogP contribution < -0.4 is 5.32 Å². The number of carbonyl (C=O) groups is 1. The number of aryl methyl sites for hydroxylation is 3. The summed E-state index contributed by atoms with van der Waals surface area (Å²) in [7, 11) is 0. The topological polar surface area (TPSA) is 29.1 Å². The Morgan fingerprint density at radius 3 is 2.32 bits per heavy atom. The standard InChI is InChI=1S/C18H20ClNOS/c1-11-9-12(2)17(13(3)10-11)20-18(21)14(4)22-16-8-6-5-7-15(16)19/h5-10,14H,1-4H3,(H,20,21). The van der Waals surface area contributed by atoms with E-state index in [2.05, 4.69) is 24.4 Å². The summed E-state index contributed by atoms with van der Waals surface area (Å²) in [4.78, 5) is 13.4. The van der Waals surface area contributed by atoms with Gasteiger partial charge in [0.2, 0.25) is 5.91 Å². The molecule has 22 heavy (non-hydrogen) atoms. The lowest BCUT2D eigenvalue weighted by Crippen LogP contribution is -2.23. The number of benzene rings is 2. The summed E-state index contributed by atoms with van der Waals surface area (Å²) in [6.07, 6.45) is 0. The highest BCUT2D eigenvalue weighted by atomic mass is 35.5. The van der Waals surface area contributed by atoms with Gasteiger partial charge in [0.25, 0.3) is 0 Å². The molecule has 0 aliphatic heterocycles. The molecular weight excluding hydrogens is 314 g/mol. The van der Waals surface area contributed by atoms with Crippen LogP contribution in [-0.2, 0) is 4.79 Å². The summed E-state index contributed by atoms with van der Waals surface area (Å²) in [6.45, 7) is 7.98. The van der Waals surface area contributed by atoms with Gasteiger partial charge in [-0.2, -0.15) is 0 Å². The Morgan fingerprint density at radius 1 is 1.14 bits per heavy atom. The predicted octanol–water partition coefficient (Wildman–Crippen LogP) is 5.38. The van der Waals surface area contributed by atoms with Crippen molar-refractivity contribution in [2.45, 2.75) is 37.8 Å². The van der Waals surface area contributed by atoms with Gasteiger partial charge in [-0.25, -0.2) is 0 Å². The zero-order valence-corrected chi connectivity index (χ0v) is 14.8. The molecule has 1 atom stereocenters. The highest BCUT2D eigenvalue weighted by Gasteiger charge is 2.17. The summed E-state index contributed by atoms with van der Waals surface area (Å²) in [5.41, 5.74) is 4.27. The molecule has 116 valence electrons. The fraction of sp³-hybridized carbons (Fsp3) is 0.278. The summed E-state index contributed by atoms with van der Waals surface area (Å²) < 4.78 is 0. The maximum absolute atomic E-state index is 12.4. The number of carbonyl (C=O) groups excluding carboxylic acids is 1. The molecular formula is C18H20ClNOS. The second-order valence-electron chi connectivity index (χ2n) is 5.45. The average Bonchev–Trinajstić information content (AvgIpc) is 2.45. The first-order valence-electron chi connectivity index (χ1n) is 7.18. The van der Waals surface area contributed by atoms with Crippen LogP contribution in [0.1, 0.15) is 23.6 Å². The van der Waals surface area contributed by atoms with Crippen LogP contribution in [0, 0.1) is 20.8 Å². The van der Waals surface area contributed by atoms with Crippen molar-refractivity contribution in [1.82, 2.24) is 0 Å². The number of hydrogen-bond donors (Lipinski definition) is 1. The van der Waals surface area contributed by atoms with Gasteiger partial charge in [0.05, 0.1) is 10.3 Å². The maximum atomic E-state index is 12.4. The van der Waals surface area contributed by atoms with Crippen LogP contribution in [0.3, 0.4) is 0 Å². The Kier molecular flexibility index (Phi) is 5.54. The van der Waals surface area contributed by atoms with Crippen molar-refractivity contribution < 1.29 is 4.79 Å². The van der Waals surface area contributed by atoms with Crippen LogP contribution in [0.4, 0.5) is 5.69 Å². The molecule has 0 aromatic heterocycles. The lowest BCUT2D eigenvalue weighted by molar-refractivity contribution is -0.115. The summed E-state index contributed by atoms with van der Waals surface area (Å²) in [6, 6.07) is 11.7. The lowest BCUT2D eigenvalue weighted by Gasteiger charge is -2.16. The lowest BCUT2D eigenvalue weighted by atomic mass is 10.1. The summed E-state index contributed by atoms with van der Waals surface area (Å²) in [5.74, 6) is -0.0139. The van der Waals surface area contributed by atoms with Gasteiger partial charge >= 0.3 is 0 Å². The molecule has 2 aromatic rings. The van der Waals surface area contributed by atoms with Gasteiger partial charge in [0.1, 0.15) is 0 Å². The smallest absolute Gasteiger partial charge is 0.237 e. The van der Waals surface area contributed by atoms with Gasteiger partial charge in [0, 0.05) is 10.6 Å². The number of thioether (sulfide) groups is 1. The van der Waals surface area contributed by atoms with Gasteiger partial charge in [0.15, 0.2) is 0 Å². The monoisotopic (exact) mass is 333 g/mol. The van der Waals surface area contributed by atoms with Crippen molar-refractivity contribution in [1.29, 1.82) is 0 Å². The second-order valence-corrected chi connectivity index (χ2v) is 7.24. The Bertz CT molecular complexity index is 676. The third-order valence-electron chi connectivity index (χ3n) is 3.43. The maximum Gasteiger partial charge on any atom is 0.237 e. The molecule has 0 bridgehead atoms. The van der Waals surface area contributed by atoms with Gasteiger partial charge in [-0.1, -0.05) is 41.4 Å². The molecule has 0 aliphatic carbocycles. The molecule has 1 N–H and O–H groups in total. The highest BCUT2D eigenvalue weighted by Crippen LogP contribution is 2.31. The first-order valence-corrected chi connectivity index (χ1v) is 8.44. The SMILES string of the molecule is Cc1cc(C)c(NC(=O)C(C)Sc2ccccc2Cl)c(C)c1. The van der Waals surface area contributed by atoms with E-state index in [1.54, 1.807) is 0 Å². The van der Waals surface area contributed by atoms with Gasteiger partial charge < -0.3 is 5.32 Å². The highest BCUT2D eigenvalue weighted by molar-refractivity contribution is 8.00. The van der Waals surface area contributed by atoms with Crippen LogP contribution in [0.15, 0.2) is 41.3 Å². The molecule has 0 fully saturated rings. The zero-order chi connectivity index (χ0) is 16.3. The number of anilines is 1. The minimum Gasteiger partial charge on any atom is -0.325 e. The van der Waals surface area contributed by atoms with E-state index in [-0.39, 0.29) is 11.2 Å². The van der Waals surface area contributed by atoms with Crippen LogP contribution in [0.25, 0.3) is 0 Å². The third kappa shape index (κ3) is 4.05. The molecule has 0 saturated heterocycles. The van der Waals surface area contributed by atoms with Crippen molar-refractivity contribution in [2.24, 2.45) is 0 Å². The first kappa shape index (κ1) is 16.9. The van der Waals surface area contributed by atoms with E-state index >= 15 is 0 Å². The molecule has 0 aliphatic rings. The number of rotatable bonds is 4. The normalized spacial score (nSPS) is 12.0. The average molecular weight is 334 g/mol. The molecule has 0 heterocycles. The molecule has 2 aromatic carbocycles. The first-order chi connectivity index (χ1) is 10.4. The number of hydrogen-bond acceptors (Lipinski definition) is 2. The largest absolute Gasteiger partial charge is 0.325 e. The summed E-state index contributed by atoms with van der Waals surface area (Å²) >= 11 is 7.62. The Balaban J connectivity index is 2.11. The van der Waals surface area contributed by atoms with E-state index in [1.165, 1.54) is 17.3 Å².